The van der Waals surface area contributed by atoms with E-state index in [4.69, 9.17) is 31.5 Å². The predicted octanol–water partition coefficient (Wildman–Crippen LogP) is 29.4. The minimum Gasteiger partial charge on any atom is -0.309 e. The van der Waals surface area contributed by atoms with Gasteiger partial charge in [-0.1, -0.05) is 300 Å². The van der Waals surface area contributed by atoms with Gasteiger partial charge in [0.2, 0.25) is 0 Å². The first-order valence-electron chi connectivity index (χ1n) is 42.3. The second-order valence-corrected chi connectivity index (χ2v) is 34.4. The highest BCUT2D eigenvalue weighted by molar-refractivity contribution is 6.33. The number of rotatable bonds is 7. The van der Waals surface area contributed by atoms with Crippen molar-refractivity contribution in [3.63, 3.8) is 0 Å². The number of hydrogen-bond acceptors (Lipinski definition) is 4. The Bertz CT molecular complexity index is 8270. The Balaban J connectivity index is 0.000000117. The summed E-state index contributed by atoms with van der Waals surface area (Å²) in [5.74, 6) is 2.25. The van der Waals surface area contributed by atoms with E-state index in [0.29, 0.717) is 16.8 Å². The van der Waals surface area contributed by atoms with Crippen LogP contribution in [0.5, 0.6) is 0 Å². The Labute approximate surface area is 716 Å². The highest BCUT2D eigenvalue weighted by Gasteiger charge is 2.43. The van der Waals surface area contributed by atoms with Crippen molar-refractivity contribution in [1.29, 1.82) is 0 Å². The van der Waals surface area contributed by atoms with Crippen molar-refractivity contribution in [3.8, 4) is 84.5 Å². The first kappa shape index (κ1) is 71.8. The van der Waals surface area contributed by atoms with Gasteiger partial charge in [-0.2, -0.15) is 0 Å². The maximum Gasteiger partial charge on any atom is 0.161 e. The van der Waals surface area contributed by atoms with Crippen LogP contribution in [0.25, 0.3) is 188 Å². The second kappa shape index (κ2) is 27.9. The van der Waals surface area contributed by atoms with Gasteiger partial charge in [0.05, 0.1) is 61.7 Å². The molecule has 0 saturated carbocycles. The molecule has 0 radical (unpaired) electrons. The Morgan fingerprint density at radius 2 is 0.756 bits per heavy atom. The number of fused-ring (bicyclic) bond motifs is 23. The lowest BCUT2D eigenvalue weighted by Crippen LogP contribution is -2.18. The van der Waals surface area contributed by atoms with E-state index in [1.54, 1.807) is 0 Å². The number of benzene rings is 17. The van der Waals surface area contributed by atoms with Crippen LogP contribution in [0.4, 0.5) is 0 Å². The fraction of sp³-hybridized carbons (Fsp3) is 0.0609. The number of allylic oxidation sites excluding steroid dienone is 2. The van der Waals surface area contributed by atoms with Crippen LogP contribution in [0.3, 0.4) is 0 Å². The van der Waals surface area contributed by atoms with E-state index in [2.05, 4.69) is 418 Å². The van der Waals surface area contributed by atoms with Gasteiger partial charge in [0.1, 0.15) is 11.0 Å². The molecule has 7 nitrogen and oxygen atoms in total. The molecule has 0 aliphatic heterocycles. The normalized spacial score (nSPS) is 13.5. The number of para-hydroxylation sites is 4. The molecule has 123 heavy (non-hydrogen) atoms. The molecule has 0 atom stereocenters. The maximum absolute atomic E-state index is 6.99. The molecule has 578 valence electrons. The van der Waals surface area contributed by atoms with Crippen molar-refractivity contribution in [1.82, 2.24) is 33.6 Å². The Morgan fingerprint density at radius 1 is 0.301 bits per heavy atom. The van der Waals surface area contributed by atoms with Gasteiger partial charge in [-0.3, -0.25) is 4.57 Å². The zero-order chi connectivity index (χ0) is 81.9. The Kier molecular flexibility index (Phi) is 16.3. The van der Waals surface area contributed by atoms with E-state index in [1.807, 2.05) is 12.1 Å². The minimum absolute atomic E-state index is 0.320. The molecule has 0 fully saturated rings. The fourth-order valence-electron chi connectivity index (χ4n) is 20.3. The number of halogens is 1. The maximum atomic E-state index is 6.99. The van der Waals surface area contributed by atoms with Gasteiger partial charge in [0.15, 0.2) is 17.2 Å². The molecule has 0 saturated heterocycles. The Hall–Kier alpha value is -15.2. The first-order chi connectivity index (χ1) is 60.4. The molecule has 5 aromatic heterocycles. The van der Waals surface area contributed by atoms with Crippen LogP contribution in [0.1, 0.15) is 72.5 Å². The SMILES string of the molecule is CC1(C)c2cc(-c3ccccc3)ccc2-c2c(-n3c4cc5ccccc5cc4c4c5ccccc5ccc43)nc(-c3ccc4c5ccccc5n(-c5ccccc5)c4c3)nc21.CC1(C)c2cc(-c3ccccc3)ccc2-c2c(Cl)nc(-c3ccc4c5ccccc5n(-c5ccccc5)c4c3)nc21.[C+]1=CC2=C(c3ccccc31)c1cc3ccccc3cc1C2. The number of hydrogen-bond donors (Lipinski definition) is 0. The molecule has 26 rings (SSSR count). The summed E-state index contributed by atoms with van der Waals surface area (Å²) in [5, 5.41) is 15.3. The molecular weight excluding hydrogens is 1510 g/mol. The summed E-state index contributed by atoms with van der Waals surface area (Å²) in [6.45, 7) is 9.12. The van der Waals surface area contributed by atoms with Crippen LogP contribution in [0.15, 0.2) is 388 Å². The zero-order valence-electron chi connectivity index (χ0n) is 68.1. The van der Waals surface area contributed by atoms with Gasteiger partial charge in [-0.05, 0) is 192 Å². The molecule has 0 bridgehead atoms. The lowest BCUT2D eigenvalue weighted by atomic mass is 9.84. The van der Waals surface area contributed by atoms with E-state index in [1.165, 1.54) is 148 Å². The molecule has 0 spiro atoms. The zero-order valence-corrected chi connectivity index (χ0v) is 68.8. The number of nitrogens with zero attached hydrogens (tertiary/aromatic N) is 7. The van der Waals surface area contributed by atoms with E-state index in [9.17, 15) is 0 Å². The van der Waals surface area contributed by atoms with Crippen LogP contribution >= 0.6 is 11.6 Å². The topological polar surface area (TPSA) is 66.3 Å². The van der Waals surface area contributed by atoms with Gasteiger partial charge in [-0.15, -0.1) is 0 Å². The summed E-state index contributed by atoms with van der Waals surface area (Å²) in [5.41, 5.74) is 32.0. The standard InChI is InChI=1S/C57H38N4.C37H26ClN3.C21H13/c1-57(2)47-32-39(35-15-5-3-6-16-35)25-29-45(47)53-54(57)58-55(40-26-28-44-43-23-13-14-24-48(43)60(50(44)34-40)41-20-7-4-8-21-41)59-56(53)61-49-30-27-36-17-11-12-22-42(36)52(49)46-31-37-18-9-10-19-38(37)33-51(46)61;1-37(2)30-21-24(23-11-5-3-6-12-23)17-20-29(30)33-34(37)39-36(40-35(33)38)25-18-19-28-27-15-9-10-16-31(27)41(32(28)22-25)26-13-7-4-8-14-26;1-2-7-16-13-20-18(11-15(16)6-1)12-17-10-9-14-5-3-4-8-19(14)21(17)20/h3-34H,1-2H3;3-22H,1-2H3;1-8,10-11,13H,12H2/q;;+1. The van der Waals surface area contributed by atoms with E-state index < -0.39 is 5.41 Å². The average molecular weight is 1590 g/mol. The van der Waals surface area contributed by atoms with Gasteiger partial charge in [0.25, 0.3) is 0 Å². The molecule has 17 aromatic carbocycles. The molecular formula is C115H77ClN7+. The summed E-state index contributed by atoms with van der Waals surface area (Å²) in [6, 6.07) is 135. The van der Waals surface area contributed by atoms with Crippen LogP contribution in [-0.2, 0) is 17.3 Å². The molecule has 4 aliphatic rings. The Morgan fingerprint density at radius 3 is 1.35 bits per heavy atom. The summed E-state index contributed by atoms with van der Waals surface area (Å²) in [6.07, 6.45) is 6.62. The average Bonchev–Trinajstić information content (AvgIpc) is 1.78. The van der Waals surface area contributed by atoms with Crippen molar-refractivity contribution in [2.75, 3.05) is 0 Å². The van der Waals surface area contributed by atoms with Crippen molar-refractivity contribution < 1.29 is 0 Å². The van der Waals surface area contributed by atoms with Crippen molar-refractivity contribution in [2.24, 2.45) is 0 Å². The third-order valence-electron chi connectivity index (χ3n) is 26.2. The lowest BCUT2D eigenvalue weighted by Gasteiger charge is -2.22. The molecule has 4 aliphatic carbocycles. The summed E-state index contributed by atoms with van der Waals surface area (Å²) < 4.78 is 7.12. The molecule has 5 heterocycles. The highest BCUT2D eigenvalue weighted by Crippen LogP contribution is 2.55. The molecule has 0 N–H and O–H groups in total. The summed E-state index contributed by atoms with van der Waals surface area (Å²) >= 11 is 6.99. The van der Waals surface area contributed by atoms with Crippen molar-refractivity contribution in [3.05, 3.63) is 444 Å². The predicted molar refractivity (Wildman–Crippen MR) is 511 cm³/mol. The highest BCUT2D eigenvalue weighted by atomic mass is 35.5. The van der Waals surface area contributed by atoms with Crippen molar-refractivity contribution in [2.45, 2.75) is 44.9 Å². The fourth-order valence-corrected chi connectivity index (χ4v) is 20.6. The molecule has 22 aromatic rings. The van der Waals surface area contributed by atoms with Crippen LogP contribution in [-0.4, -0.2) is 33.6 Å². The smallest absolute Gasteiger partial charge is 0.161 e. The van der Waals surface area contributed by atoms with E-state index in [0.717, 1.165) is 84.9 Å². The van der Waals surface area contributed by atoms with Crippen LogP contribution in [0.2, 0.25) is 5.15 Å². The molecule has 8 heteroatoms. The third-order valence-corrected chi connectivity index (χ3v) is 26.5. The monoisotopic (exact) mass is 1590 g/mol. The number of aromatic nitrogens is 7. The second-order valence-electron chi connectivity index (χ2n) is 34.0. The van der Waals surface area contributed by atoms with Crippen LogP contribution in [0, 0.1) is 6.08 Å². The largest absolute Gasteiger partial charge is 0.309 e. The third kappa shape index (κ3) is 11.4. The van der Waals surface area contributed by atoms with Crippen LogP contribution < -0.4 is 0 Å². The van der Waals surface area contributed by atoms with E-state index in [-0.39, 0.29) is 5.41 Å². The molecule has 0 amide bonds. The first-order valence-corrected chi connectivity index (χ1v) is 42.7. The summed E-state index contributed by atoms with van der Waals surface area (Å²) in [4.78, 5) is 21.5. The quantitative estimate of drug-likeness (QED) is 0.118. The van der Waals surface area contributed by atoms with Gasteiger partial charge >= 0.3 is 0 Å². The minimum atomic E-state index is -0.414. The molecule has 0 unspecified atom stereocenters. The van der Waals surface area contributed by atoms with Gasteiger partial charge < -0.3 is 9.13 Å². The van der Waals surface area contributed by atoms with Gasteiger partial charge in [-0.25, -0.2) is 19.9 Å². The van der Waals surface area contributed by atoms with E-state index >= 15 is 0 Å². The lowest BCUT2D eigenvalue weighted by molar-refractivity contribution is 0.635. The van der Waals surface area contributed by atoms with Gasteiger partial charge in [0, 0.05) is 106 Å². The summed E-state index contributed by atoms with van der Waals surface area (Å²) in [7, 11) is 0. The van der Waals surface area contributed by atoms with Crippen molar-refractivity contribution >= 4 is 115 Å².